The largest absolute Gasteiger partial charge is 0.325 e. The van der Waals surface area contributed by atoms with Crippen molar-refractivity contribution in [2.75, 3.05) is 5.32 Å². The molecule has 0 saturated heterocycles. The zero-order valence-electron chi connectivity index (χ0n) is 13.8. The number of hydrogen-bond acceptors (Lipinski definition) is 5. The first-order valence-corrected chi connectivity index (χ1v) is 8.96. The fraction of sp³-hybridized carbons (Fsp3) is 0.294. The molecular weight excluding hydrogens is 360 g/mol. The minimum atomic E-state index is -0.477. The molecule has 1 aromatic heterocycles. The number of aryl methyl sites for hydroxylation is 1. The van der Waals surface area contributed by atoms with Crippen molar-refractivity contribution < 1.29 is 4.79 Å². The lowest BCUT2D eigenvalue weighted by Crippen LogP contribution is -2.23. The first-order valence-electron chi connectivity index (χ1n) is 7.70. The van der Waals surface area contributed by atoms with E-state index in [1.54, 1.807) is 19.1 Å². The number of anilines is 1. The third-order valence-corrected chi connectivity index (χ3v) is 4.59. The summed E-state index contributed by atoms with van der Waals surface area (Å²) in [5.41, 5.74) is 1.33. The fourth-order valence-electron chi connectivity index (χ4n) is 2.07. The lowest BCUT2D eigenvalue weighted by Gasteiger charge is -2.12. The molecule has 6 nitrogen and oxygen atoms in total. The molecule has 0 radical (unpaired) electrons. The molecule has 2 rings (SSSR count). The number of halogens is 1. The van der Waals surface area contributed by atoms with Gasteiger partial charge in [-0.1, -0.05) is 36.7 Å². The molecule has 1 atom stereocenters. The number of nitrogens with zero attached hydrogens (tertiary/aromatic N) is 2. The van der Waals surface area contributed by atoms with Crippen molar-refractivity contribution in [2.45, 2.75) is 37.1 Å². The Balaban J connectivity index is 2.07. The Morgan fingerprint density at radius 1 is 1.48 bits per heavy atom. The highest BCUT2D eigenvalue weighted by Gasteiger charge is 2.17. The van der Waals surface area contributed by atoms with Crippen LogP contribution in [0.4, 0.5) is 5.69 Å². The number of carbonyl (C=O) groups excluding carboxylic acids is 1. The quantitative estimate of drug-likeness (QED) is 0.594. The van der Waals surface area contributed by atoms with Gasteiger partial charge in [0.05, 0.1) is 15.8 Å². The van der Waals surface area contributed by atoms with Crippen LogP contribution in [0.3, 0.4) is 0 Å². The maximum atomic E-state index is 12.3. The average molecular weight is 377 g/mol. The van der Waals surface area contributed by atoms with Gasteiger partial charge >= 0.3 is 0 Å². The number of thioether (sulfide) groups is 1. The third-order valence-electron chi connectivity index (χ3n) is 3.29. The summed E-state index contributed by atoms with van der Waals surface area (Å²) in [7, 11) is 0. The normalized spacial score (nSPS) is 11.6. The van der Waals surface area contributed by atoms with Crippen molar-refractivity contribution in [3.63, 3.8) is 0 Å². The van der Waals surface area contributed by atoms with E-state index in [4.69, 9.17) is 16.9 Å². The number of amides is 1. The summed E-state index contributed by atoms with van der Waals surface area (Å²) in [5, 5.41) is 11.8. The highest BCUT2D eigenvalue weighted by molar-refractivity contribution is 8.00. The van der Waals surface area contributed by atoms with Crippen LogP contribution in [-0.4, -0.2) is 21.1 Å². The Morgan fingerprint density at radius 3 is 2.88 bits per heavy atom. The molecule has 25 heavy (non-hydrogen) atoms. The van der Waals surface area contributed by atoms with E-state index in [2.05, 4.69) is 15.3 Å². The van der Waals surface area contributed by atoms with Crippen molar-refractivity contribution >= 4 is 35.0 Å². The number of aromatic amines is 1. The number of hydrogen-bond donors (Lipinski definition) is 2. The van der Waals surface area contributed by atoms with Crippen LogP contribution in [0.1, 0.15) is 31.5 Å². The molecule has 0 aliphatic rings. The molecule has 1 heterocycles. The smallest absolute Gasteiger partial charge is 0.251 e. The molecule has 0 aliphatic carbocycles. The molecule has 2 N–H and O–H groups in total. The van der Waals surface area contributed by atoms with Gasteiger partial charge in [-0.3, -0.25) is 9.59 Å². The zero-order valence-corrected chi connectivity index (χ0v) is 15.4. The first kappa shape index (κ1) is 19.0. The number of benzene rings is 1. The average Bonchev–Trinajstić information content (AvgIpc) is 2.54. The molecule has 1 unspecified atom stereocenters. The summed E-state index contributed by atoms with van der Waals surface area (Å²) in [6.45, 7) is 3.73. The van der Waals surface area contributed by atoms with E-state index in [0.29, 0.717) is 28.5 Å². The predicted molar refractivity (Wildman–Crippen MR) is 99.0 cm³/mol. The molecule has 0 bridgehead atoms. The van der Waals surface area contributed by atoms with Crippen LogP contribution in [0.2, 0.25) is 5.02 Å². The van der Waals surface area contributed by atoms with Crippen LogP contribution in [-0.2, 0) is 11.2 Å². The monoisotopic (exact) mass is 376 g/mol. The van der Waals surface area contributed by atoms with Gasteiger partial charge in [-0.2, -0.15) is 5.26 Å². The topological polar surface area (TPSA) is 98.6 Å². The Bertz CT molecular complexity index is 876. The van der Waals surface area contributed by atoms with E-state index in [0.717, 1.165) is 6.42 Å². The third kappa shape index (κ3) is 5.34. The van der Waals surface area contributed by atoms with Gasteiger partial charge in [-0.05, 0) is 31.5 Å². The minimum Gasteiger partial charge on any atom is -0.325 e. The van der Waals surface area contributed by atoms with Crippen LogP contribution in [0.5, 0.6) is 0 Å². The second-order valence-corrected chi connectivity index (χ2v) is 7.08. The summed E-state index contributed by atoms with van der Waals surface area (Å²) in [4.78, 5) is 31.0. The minimum absolute atomic E-state index is 0.229. The van der Waals surface area contributed by atoms with Gasteiger partial charge in [0.2, 0.25) is 5.91 Å². The Labute approximate surface area is 154 Å². The highest BCUT2D eigenvalue weighted by Crippen LogP contribution is 2.23. The van der Waals surface area contributed by atoms with Gasteiger partial charge in [-0.15, -0.1) is 0 Å². The van der Waals surface area contributed by atoms with E-state index in [9.17, 15) is 9.59 Å². The lowest BCUT2D eigenvalue weighted by molar-refractivity contribution is -0.115. The maximum Gasteiger partial charge on any atom is 0.251 e. The highest BCUT2D eigenvalue weighted by atomic mass is 35.5. The number of rotatable bonds is 6. The summed E-state index contributed by atoms with van der Waals surface area (Å²) < 4.78 is 0. The molecule has 2 aromatic rings. The summed E-state index contributed by atoms with van der Waals surface area (Å²) >= 11 is 7.13. The molecule has 130 valence electrons. The van der Waals surface area contributed by atoms with Crippen molar-refractivity contribution in [2.24, 2.45) is 0 Å². The van der Waals surface area contributed by atoms with E-state index < -0.39 is 5.25 Å². The summed E-state index contributed by atoms with van der Waals surface area (Å²) in [6, 6.07) is 8.11. The summed E-state index contributed by atoms with van der Waals surface area (Å²) in [6.07, 6.45) is 1.60. The van der Waals surface area contributed by atoms with E-state index in [1.165, 1.54) is 23.9 Å². The van der Waals surface area contributed by atoms with Crippen molar-refractivity contribution in [1.29, 1.82) is 5.26 Å². The second kappa shape index (κ2) is 8.70. The van der Waals surface area contributed by atoms with Gasteiger partial charge in [0, 0.05) is 17.4 Å². The second-order valence-electron chi connectivity index (χ2n) is 5.35. The van der Waals surface area contributed by atoms with Gasteiger partial charge in [0.15, 0.2) is 5.16 Å². The molecular formula is C17H17ClN4O2S. The standard InChI is InChI=1S/C17H17ClN4O2S/c1-3-4-12-8-15(23)22-17(21-12)25-10(2)16(24)20-13-6-5-11(9-19)14(18)7-13/h5-8,10H,3-4H2,1-2H3,(H,20,24)(H,21,22,23). The number of nitriles is 1. The van der Waals surface area contributed by atoms with Crippen LogP contribution >= 0.6 is 23.4 Å². The molecule has 0 spiro atoms. The van der Waals surface area contributed by atoms with Gasteiger partial charge in [-0.25, -0.2) is 4.98 Å². The SMILES string of the molecule is CCCc1cc(=O)[nH]c(SC(C)C(=O)Nc2ccc(C#N)c(Cl)c2)n1. The predicted octanol–water partition coefficient (Wildman–Crippen LogP) is 3.37. The summed E-state index contributed by atoms with van der Waals surface area (Å²) in [5.74, 6) is -0.255. The number of H-pyrrole nitrogens is 1. The Kier molecular flexibility index (Phi) is 6.62. The van der Waals surface area contributed by atoms with E-state index >= 15 is 0 Å². The molecule has 1 aromatic carbocycles. The number of nitrogens with one attached hydrogen (secondary N) is 2. The molecule has 0 saturated carbocycles. The van der Waals surface area contributed by atoms with Gasteiger partial charge in [0.25, 0.3) is 5.56 Å². The molecule has 1 amide bonds. The Hall–Kier alpha value is -2.30. The fourth-order valence-corrected chi connectivity index (χ4v) is 3.13. The van der Waals surface area contributed by atoms with Crippen LogP contribution in [0.15, 0.2) is 34.2 Å². The maximum absolute atomic E-state index is 12.3. The van der Waals surface area contributed by atoms with E-state index in [1.807, 2.05) is 13.0 Å². The molecule has 8 heteroatoms. The van der Waals surface area contributed by atoms with Crippen LogP contribution in [0, 0.1) is 11.3 Å². The van der Waals surface area contributed by atoms with Crippen molar-refractivity contribution in [3.05, 3.63) is 50.9 Å². The van der Waals surface area contributed by atoms with Crippen molar-refractivity contribution in [3.8, 4) is 6.07 Å². The van der Waals surface area contributed by atoms with Crippen LogP contribution < -0.4 is 10.9 Å². The van der Waals surface area contributed by atoms with Gasteiger partial charge < -0.3 is 10.3 Å². The number of carbonyl (C=O) groups is 1. The lowest BCUT2D eigenvalue weighted by atomic mass is 10.2. The zero-order chi connectivity index (χ0) is 18.4. The number of aromatic nitrogens is 2. The van der Waals surface area contributed by atoms with E-state index in [-0.39, 0.29) is 16.5 Å². The molecule has 0 fully saturated rings. The first-order chi connectivity index (χ1) is 11.9. The van der Waals surface area contributed by atoms with Crippen LogP contribution in [0.25, 0.3) is 0 Å². The Morgan fingerprint density at radius 2 is 2.24 bits per heavy atom. The molecule has 0 aliphatic heterocycles. The van der Waals surface area contributed by atoms with Gasteiger partial charge in [0.1, 0.15) is 6.07 Å². The van der Waals surface area contributed by atoms with Crippen molar-refractivity contribution in [1.82, 2.24) is 9.97 Å².